The summed E-state index contributed by atoms with van der Waals surface area (Å²) in [5, 5.41) is 6.50. The number of hydrogen-bond acceptors (Lipinski definition) is 4. The standard InChI is InChI=1S/C12H11BrN2O2S/c1-7-4-9(17-15-7)6-14-12(16)10-3-2-8(13)5-11(10)18/h2-5,18H,6H2,1H3,(H,14,16). The van der Waals surface area contributed by atoms with Crippen LogP contribution in [0.5, 0.6) is 0 Å². The van der Waals surface area contributed by atoms with E-state index in [0.717, 1.165) is 10.2 Å². The highest BCUT2D eigenvalue weighted by Gasteiger charge is 2.10. The molecule has 1 aromatic heterocycles. The molecule has 0 unspecified atom stereocenters. The second-order valence-corrected chi connectivity index (χ2v) is 5.18. The van der Waals surface area contributed by atoms with Gasteiger partial charge < -0.3 is 9.84 Å². The SMILES string of the molecule is Cc1cc(CNC(=O)c2ccc(Br)cc2S)on1. The van der Waals surface area contributed by atoms with Crippen molar-refractivity contribution < 1.29 is 9.32 Å². The van der Waals surface area contributed by atoms with Gasteiger partial charge in [0.1, 0.15) is 0 Å². The Labute approximate surface area is 118 Å². The van der Waals surface area contributed by atoms with Gasteiger partial charge in [0.05, 0.1) is 17.8 Å². The van der Waals surface area contributed by atoms with Gasteiger partial charge in [-0.05, 0) is 25.1 Å². The molecule has 0 aliphatic heterocycles. The van der Waals surface area contributed by atoms with Crippen molar-refractivity contribution in [2.75, 3.05) is 0 Å². The van der Waals surface area contributed by atoms with Crippen molar-refractivity contribution in [3.63, 3.8) is 0 Å². The summed E-state index contributed by atoms with van der Waals surface area (Å²) >= 11 is 7.58. The number of aryl methyl sites for hydroxylation is 1. The Balaban J connectivity index is 2.03. The van der Waals surface area contributed by atoms with Gasteiger partial charge >= 0.3 is 0 Å². The van der Waals surface area contributed by atoms with Crippen LogP contribution in [-0.4, -0.2) is 11.1 Å². The third kappa shape index (κ3) is 3.14. The molecule has 0 aliphatic carbocycles. The van der Waals surface area contributed by atoms with E-state index < -0.39 is 0 Å². The number of benzene rings is 1. The molecule has 1 aromatic carbocycles. The molecular weight excluding hydrogens is 316 g/mol. The van der Waals surface area contributed by atoms with E-state index in [4.69, 9.17) is 4.52 Å². The van der Waals surface area contributed by atoms with E-state index in [1.54, 1.807) is 24.3 Å². The summed E-state index contributed by atoms with van der Waals surface area (Å²) in [6, 6.07) is 7.07. The summed E-state index contributed by atoms with van der Waals surface area (Å²) in [7, 11) is 0. The van der Waals surface area contributed by atoms with E-state index in [-0.39, 0.29) is 5.91 Å². The van der Waals surface area contributed by atoms with Crippen LogP contribution in [-0.2, 0) is 6.54 Å². The van der Waals surface area contributed by atoms with E-state index >= 15 is 0 Å². The Morgan fingerprint density at radius 2 is 2.28 bits per heavy atom. The fraction of sp³-hybridized carbons (Fsp3) is 0.167. The molecule has 4 nitrogen and oxygen atoms in total. The number of nitrogens with one attached hydrogen (secondary N) is 1. The molecule has 1 amide bonds. The summed E-state index contributed by atoms with van der Waals surface area (Å²) in [6.07, 6.45) is 0. The molecule has 18 heavy (non-hydrogen) atoms. The van der Waals surface area contributed by atoms with E-state index in [1.807, 2.05) is 6.92 Å². The van der Waals surface area contributed by atoms with Crippen LogP contribution in [0.1, 0.15) is 21.8 Å². The van der Waals surface area contributed by atoms with E-state index in [1.165, 1.54) is 0 Å². The third-order valence-corrected chi connectivity index (χ3v) is 3.17. The number of amides is 1. The number of rotatable bonds is 3. The molecule has 0 bridgehead atoms. The van der Waals surface area contributed by atoms with Gasteiger partial charge in [0.2, 0.25) is 0 Å². The minimum absolute atomic E-state index is 0.193. The molecule has 0 saturated carbocycles. The zero-order valence-corrected chi connectivity index (χ0v) is 12.1. The zero-order valence-electron chi connectivity index (χ0n) is 9.61. The zero-order chi connectivity index (χ0) is 13.1. The second-order valence-electron chi connectivity index (χ2n) is 3.78. The van der Waals surface area contributed by atoms with Gasteiger partial charge in [-0.3, -0.25) is 4.79 Å². The van der Waals surface area contributed by atoms with Gasteiger partial charge in [-0.2, -0.15) is 0 Å². The highest BCUT2D eigenvalue weighted by molar-refractivity contribution is 9.10. The number of carbonyl (C=O) groups excluding carboxylic acids is 1. The van der Waals surface area contributed by atoms with Crippen molar-refractivity contribution in [1.29, 1.82) is 0 Å². The molecule has 0 aliphatic rings. The lowest BCUT2D eigenvalue weighted by molar-refractivity contribution is 0.0944. The topological polar surface area (TPSA) is 55.1 Å². The van der Waals surface area contributed by atoms with Gasteiger partial charge in [-0.15, -0.1) is 12.6 Å². The minimum Gasteiger partial charge on any atom is -0.359 e. The molecule has 0 saturated heterocycles. The van der Waals surface area contributed by atoms with Gasteiger partial charge in [0.15, 0.2) is 5.76 Å². The number of halogens is 1. The van der Waals surface area contributed by atoms with Crippen molar-refractivity contribution >= 4 is 34.5 Å². The first kappa shape index (κ1) is 13.2. The highest BCUT2D eigenvalue weighted by atomic mass is 79.9. The normalized spacial score (nSPS) is 10.4. The van der Waals surface area contributed by atoms with Crippen molar-refractivity contribution in [3.05, 3.63) is 45.8 Å². The van der Waals surface area contributed by atoms with Crippen molar-refractivity contribution in [2.24, 2.45) is 0 Å². The van der Waals surface area contributed by atoms with Crippen molar-refractivity contribution in [3.8, 4) is 0 Å². The Hall–Kier alpha value is -1.27. The number of carbonyl (C=O) groups is 1. The quantitative estimate of drug-likeness (QED) is 0.852. The van der Waals surface area contributed by atoms with Crippen LogP contribution in [0.2, 0.25) is 0 Å². The Kier molecular flexibility index (Phi) is 4.08. The van der Waals surface area contributed by atoms with Crippen LogP contribution in [0, 0.1) is 6.92 Å². The predicted molar refractivity (Wildman–Crippen MR) is 73.8 cm³/mol. The number of thiol groups is 1. The molecular formula is C12H11BrN2O2S. The maximum atomic E-state index is 11.9. The van der Waals surface area contributed by atoms with Crippen LogP contribution in [0.15, 0.2) is 38.2 Å². The van der Waals surface area contributed by atoms with E-state index in [9.17, 15) is 4.79 Å². The van der Waals surface area contributed by atoms with Gasteiger partial charge in [0, 0.05) is 15.4 Å². The smallest absolute Gasteiger partial charge is 0.252 e. The summed E-state index contributed by atoms with van der Waals surface area (Å²) in [4.78, 5) is 12.5. The first-order valence-electron chi connectivity index (χ1n) is 5.25. The lowest BCUT2D eigenvalue weighted by Gasteiger charge is -2.05. The van der Waals surface area contributed by atoms with Crippen molar-refractivity contribution in [1.82, 2.24) is 10.5 Å². The van der Waals surface area contributed by atoms with Crippen LogP contribution in [0.3, 0.4) is 0 Å². The minimum atomic E-state index is -0.193. The first-order chi connectivity index (χ1) is 8.56. The summed E-state index contributed by atoms with van der Waals surface area (Å²) < 4.78 is 5.89. The lowest BCUT2D eigenvalue weighted by Crippen LogP contribution is -2.23. The molecule has 6 heteroatoms. The largest absolute Gasteiger partial charge is 0.359 e. The fourth-order valence-electron chi connectivity index (χ4n) is 1.46. The van der Waals surface area contributed by atoms with Crippen LogP contribution >= 0.6 is 28.6 Å². The van der Waals surface area contributed by atoms with Crippen LogP contribution < -0.4 is 5.32 Å². The highest BCUT2D eigenvalue weighted by Crippen LogP contribution is 2.19. The molecule has 0 spiro atoms. The lowest BCUT2D eigenvalue weighted by atomic mass is 10.2. The van der Waals surface area contributed by atoms with Gasteiger partial charge in [-0.25, -0.2) is 0 Å². The molecule has 2 aromatic rings. The predicted octanol–water partition coefficient (Wildman–Crippen LogP) is 2.96. The average Bonchev–Trinajstić information content (AvgIpc) is 2.72. The molecule has 0 radical (unpaired) electrons. The molecule has 2 rings (SSSR count). The van der Waals surface area contributed by atoms with Gasteiger partial charge in [-0.1, -0.05) is 21.1 Å². The van der Waals surface area contributed by atoms with Crippen molar-refractivity contribution in [2.45, 2.75) is 18.4 Å². The van der Waals surface area contributed by atoms with E-state index in [2.05, 4.69) is 39.0 Å². The summed E-state index contributed by atoms with van der Waals surface area (Å²) in [5.74, 6) is 0.431. The number of nitrogens with zero attached hydrogens (tertiary/aromatic N) is 1. The Morgan fingerprint density at radius 1 is 1.50 bits per heavy atom. The fourth-order valence-corrected chi connectivity index (χ4v) is 2.31. The van der Waals surface area contributed by atoms with Crippen LogP contribution in [0.25, 0.3) is 0 Å². The maximum Gasteiger partial charge on any atom is 0.252 e. The number of aromatic nitrogens is 1. The third-order valence-electron chi connectivity index (χ3n) is 2.30. The molecule has 0 atom stereocenters. The molecule has 1 heterocycles. The first-order valence-corrected chi connectivity index (χ1v) is 6.49. The van der Waals surface area contributed by atoms with E-state index in [0.29, 0.717) is 22.8 Å². The number of hydrogen-bond donors (Lipinski definition) is 2. The Morgan fingerprint density at radius 3 is 2.89 bits per heavy atom. The second kappa shape index (κ2) is 5.58. The summed E-state index contributed by atoms with van der Waals surface area (Å²) in [6.45, 7) is 2.14. The molecule has 1 N–H and O–H groups in total. The van der Waals surface area contributed by atoms with Crippen LogP contribution in [0.4, 0.5) is 0 Å². The average molecular weight is 327 g/mol. The monoisotopic (exact) mass is 326 g/mol. The Bertz CT molecular complexity index is 583. The maximum absolute atomic E-state index is 11.9. The van der Waals surface area contributed by atoms with Gasteiger partial charge in [0.25, 0.3) is 5.91 Å². The summed E-state index contributed by atoms with van der Waals surface area (Å²) in [5.41, 5.74) is 1.32. The molecule has 0 fully saturated rings. The molecule has 94 valence electrons.